The molecule has 1 aromatic heterocycles. The Morgan fingerprint density at radius 3 is 2.81 bits per heavy atom. The molecule has 1 N–H and O–H groups in total. The fourth-order valence-electron chi connectivity index (χ4n) is 1.68. The predicted octanol–water partition coefficient (Wildman–Crippen LogP) is 3.49. The Bertz CT molecular complexity index is 470. The van der Waals surface area contributed by atoms with E-state index in [1.807, 2.05) is 13.1 Å². The van der Waals surface area contributed by atoms with E-state index >= 15 is 0 Å². The Hall–Kier alpha value is -1.13. The van der Waals surface area contributed by atoms with E-state index in [4.69, 9.17) is 4.42 Å². The van der Waals surface area contributed by atoms with Gasteiger partial charge in [-0.15, -0.1) is 0 Å². The normalized spacial score (nSPS) is 12.7. The number of hydrogen-bond acceptors (Lipinski definition) is 2. The molecule has 0 saturated carbocycles. The van der Waals surface area contributed by atoms with Crippen LogP contribution in [0.15, 0.2) is 45.7 Å². The van der Waals surface area contributed by atoms with Crippen molar-refractivity contribution in [3.63, 3.8) is 0 Å². The van der Waals surface area contributed by atoms with E-state index in [1.54, 1.807) is 18.6 Å². The van der Waals surface area contributed by atoms with Crippen LogP contribution in [0.25, 0.3) is 0 Å². The molecule has 84 valence electrons. The van der Waals surface area contributed by atoms with Gasteiger partial charge in [-0.1, -0.05) is 15.9 Å². The Balaban J connectivity index is 2.44. The number of benzene rings is 1. The summed E-state index contributed by atoms with van der Waals surface area (Å²) in [5.74, 6) is -0.248. The lowest BCUT2D eigenvalue weighted by atomic mass is 10.0. The summed E-state index contributed by atoms with van der Waals surface area (Å²) in [4.78, 5) is 0. The third-order valence-corrected chi connectivity index (χ3v) is 3.16. The molecule has 1 aromatic carbocycles. The van der Waals surface area contributed by atoms with Crippen LogP contribution in [0.5, 0.6) is 0 Å². The highest BCUT2D eigenvalue weighted by molar-refractivity contribution is 9.10. The summed E-state index contributed by atoms with van der Waals surface area (Å²) in [5.41, 5.74) is 1.82. The summed E-state index contributed by atoms with van der Waals surface area (Å²) in [7, 11) is 1.83. The molecule has 0 amide bonds. The maximum Gasteiger partial charge on any atom is 0.123 e. The van der Waals surface area contributed by atoms with Crippen molar-refractivity contribution in [2.75, 3.05) is 7.05 Å². The van der Waals surface area contributed by atoms with Gasteiger partial charge in [0.1, 0.15) is 5.82 Å². The van der Waals surface area contributed by atoms with Crippen molar-refractivity contribution in [1.82, 2.24) is 5.32 Å². The van der Waals surface area contributed by atoms with Crippen LogP contribution in [0.4, 0.5) is 4.39 Å². The Kier molecular flexibility index (Phi) is 3.41. The molecule has 16 heavy (non-hydrogen) atoms. The molecule has 0 saturated heterocycles. The van der Waals surface area contributed by atoms with E-state index in [-0.39, 0.29) is 11.9 Å². The quantitative estimate of drug-likeness (QED) is 0.933. The fourth-order valence-corrected chi connectivity index (χ4v) is 2.15. The fraction of sp³-hybridized carbons (Fsp3) is 0.167. The van der Waals surface area contributed by atoms with Crippen LogP contribution in [0, 0.1) is 5.82 Å². The van der Waals surface area contributed by atoms with Gasteiger partial charge >= 0.3 is 0 Å². The molecule has 1 heterocycles. The van der Waals surface area contributed by atoms with E-state index in [9.17, 15) is 4.39 Å². The van der Waals surface area contributed by atoms with E-state index in [0.29, 0.717) is 0 Å². The van der Waals surface area contributed by atoms with Crippen molar-refractivity contribution in [3.05, 3.63) is 58.2 Å². The Morgan fingerprint density at radius 2 is 2.19 bits per heavy atom. The Morgan fingerprint density at radius 1 is 1.38 bits per heavy atom. The predicted molar refractivity (Wildman–Crippen MR) is 63.7 cm³/mol. The molecule has 0 aliphatic heterocycles. The first-order valence-corrected chi connectivity index (χ1v) is 5.66. The third kappa shape index (κ3) is 2.18. The average Bonchev–Trinajstić information content (AvgIpc) is 2.78. The molecule has 1 atom stereocenters. The summed E-state index contributed by atoms with van der Waals surface area (Å²) in [6.45, 7) is 0. The van der Waals surface area contributed by atoms with Crippen LogP contribution < -0.4 is 5.32 Å². The molecule has 1 unspecified atom stereocenters. The van der Waals surface area contributed by atoms with Gasteiger partial charge in [0.15, 0.2) is 0 Å². The monoisotopic (exact) mass is 283 g/mol. The SMILES string of the molecule is CNC(c1ccoc1)c1cc(F)ccc1Br. The Labute approximate surface area is 102 Å². The summed E-state index contributed by atoms with van der Waals surface area (Å²) in [6, 6.07) is 6.42. The van der Waals surface area contributed by atoms with E-state index in [1.165, 1.54) is 12.1 Å². The van der Waals surface area contributed by atoms with Gasteiger partial charge in [0.25, 0.3) is 0 Å². The molecular formula is C12H11BrFNO. The first-order valence-electron chi connectivity index (χ1n) is 4.86. The lowest BCUT2D eigenvalue weighted by Gasteiger charge is -2.16. The summed E-state index contributed by atoms with van der Waals surface area (Å²) in [6.07, 6.45) is 3.26. The molecule has 0 fully saturated rings. The first-order chi connectivity index (χ1) is 7.72. The molecular weight excluding hydrogens is 273 g/mol. The largest absolute Gasteiger partial charge is 0.472 e. The topological polar surface area (TPSA) is 25.2 Å². The van der Waals surface area contributed by atoms with Crippen LogP contribution in [0.2, 0.25) is 0 Å². The molecule has 2 rings (SSSR count). The minimum atomic E-state index is -0.248. The van der Waals surface area contributed by atoms with Crippen LogP contribution in [-0.4, -0.2) is 7.05 Å². The smallest absolute Gasteiger partial charge is 0.123 e. The highest BCUT2D eigenvalue weighted by Gasteiger charge is 2.16. The van der Waals surface area contributed by atoms with Gasteiger partial charge in [-0.25, -0.2) is 4.39 Å². The highest BCUT2D eigenvalue weighted by Crippen LogP contribution is 2.29. The minimum absolute atomic E-state index is 0.0798. The number of furan rings is 1. The van der Waals surface area contributed by atoms with E-state index in [2.05, 4.69) is 21.2 Å². The van der Waals surface area contributed by atoms with Gasteiger partial charge in [0, 0.05) is 10.0 Å². The summed E-state index contributed by atoms with van der Waals surface area (Å²) >= 11 is 3.42. The van der Waals surface area contributed by atoms with Gasteiger partial charge in [-0.3, -0.25) is 0 Å². The highest BCUT2D eigenvalue weighted by atomic mass is 79.9. The van der Waals surface area contributed by atoms with Crippen molar-refractivity contribution >= 4 is 15.9 Å². The van der Waals surface area contributed by atoms with Crippen LogP contribution in [0.3, 0.4) is 0 Å². The van der Waals surface area contributed by atoms with Crippen molar-refractivity contribution in [1.29, 1.82) is 0 Å². The second-order valence-corrected chi connectivity index (χ2v) is 4.30. The molecule has 0 aliphatic rings. The summed E-state index contributed by atoms with van der Waals surface area (Å²) in [5, 5.41) is 3.13. The average molecular weight is 284 g/mol. The van der Waals surface area contributed by atoms with Crippen molar-refractivity contribution < 1.29 is 8.81 Å². The number of halogens is 2. The van der Waals surface area contributed by atoms with Crippen molar-refractivity contribution in [2.45, 2.75) is 6.04 Å². The van der Waals surface area contributed by atoms with Crippen molar-refractivity contribution in [2.24, 2.45) is 0 Å². The molecule has 0 radical (unpaired) electrons. The maximum absolute atomic E-state index is 13.2. The van der Waals surface area contributed by atoms with Gasteiger partial charge in [-0.2, -0.15) is 0 Å². The zero-order chi connectivity index (χ0) is 11.5. The standard InChI is InChI=1S/C12H11BrFNO/c1-15-12(8-4-5-16-7-8)10-6-9(14)2-3-11(10)13/h2-7,12,15H,1H3. The van der Waals surface area contributed by atoms with Crippen LogP contribution in [-0.2, 0) is 0 Å². The minimum Gasteiger partial charge on any atom is -0.472 e. The maximum atomic E-state index is 13.2. The molecule has 0 aliphatic carbocycles. The number of hydrogen-bond donors (Lipinski definition) is 1. The molecule has 2 aromatic rings. The molecule has 4 heteroatoms. The zero-order valence-corrected chi connectivity index (χ0v) is 10.3. The molecule has 2 nitrogen and oxygen atoms in total. The number of rotatable bonds is 3. The zero-order valence-electron chi connectivity index (χ0n) is 8.71. The van der Waals surface area contributed by atoms with Gasteiger partial charge < -0.3 is 9.73 Å². The lowest BCUT2D eigenvalue weighted by molar-refractivity contribution is 0.556. The van der Waals surface area contributed by atoms with E-state index in [0.717, 1.165) is 15.6 Å². The molecule has 0 bridgehead atoms. The first kappa shape index (κ1) is 11.4. The van der Waals surface area contributed by atoms with Crippen LogP contribution >= 0.6 is 15.9 Å². The van der Waals surface area contributed by atoms with Gasteiger partial charge in [-0.05, 0) is 36.9 Å². The molecule has 0 spiro atoms. The van der Waals surface area contributed by atoms with E-state index < -0.39 is 0 Å². The third-order valence-electron chi connectivity index (χ3n) is 2.43. The van der Waals surface area contributed by atoms with Gasteiger partial charge in [0.05, 0.1) is 18.6 Å². The second-order valence-electron chi connectivity index (χ2n) is 3.44. The van der Waals surface area contributed by atoms with Crippen LogP contribution in [0.1, 0.15) is 17.2 Å². The van der Waals surface area contributed by atoms with Gasteiger partial charge in [0.2, 0.25) is 0 Å². The summed E-state index contributed by atoms with van der Waals surface area (Å²) < 4.78 is 19.1. The second kappa shape index (κ2) is 4.80. The van der Waals surface area contributed by atoms with Crippen molar-refractivity contribution in [3.8, 4) is 0 Å². The number of nitrogens with one attached hydrogen (secondary N) is 1. The lowest BCUT2D eigenvalue weighted by Crippen LogP contribution is -2.17.